The summed E-state index contributed by atoms with van der Waals surface area (Å²) in [5.74, 6) is -0.175. The summed E-state index contributed by atoms with van der Waals surface area (Å²) >= 11 is 0. The molecule has 0 spiro atoms. The van der Waals surface area contributed by atoms with Gasteiger partial charge in [-0.1, -0.05) is 63.0 Å². The van der Waals surface area contributed by atoms with E-state index in [0.29, 0.717) is 47.0 Å². The lowest BCUT2D eigenvalue weighted by molar-refractivity contribution is -0.524. The maximum Gasteiger partial charge on any atom is 0.251 e. The number of terminal acetylenes is 2. The van der Waals surface area contributed by atoms with Crippen molar-refractivity contribution in [1.82, 2.24) is 20.9 Å². The molecule has 2 amide bonds. The molecule has 0 saturated carbocycles. The monoisotopic (exact) mass is 946 g/mol. The Hall–Kier alpha value is -8.35. The van der Waals surface area contributed by atoms with E-state index in [1.807, 2.05) is 97.3 Å². The zero-order valence-electron chi connectivity index (χ0n) is 41.4. The Morgan fingerprint density at radius 3 is 1.73 bits per heavy atom. The number of hydrogen-bond donors (Lipinski definition) is 7. The first-order chi connectivity index (χ1) is 34.3. The van der Waals surface area contributed by atoms with Gasteiger partial charge in [-0.2, -0.15) is 0 Å². The molecule has 71 heavy (non-hydrogen) atoms. The number of aliphatic imine (C=N–C) groups is 1. The topological polar surface area (TPSA) is 175 Å². The fourth-order valence-corrected chi connectivity index (χ4v) is 8.54. The Kier molecular flexibility index (Phi) is 16.9. The third-order valence-electron chi connectivity index (χ3n) is 12.8. The number of nitrogens with zero attached hydrogens (tertiary/aromatic N) is 3. The van der Waals surface area contributed by atoms with E-state index in [1.54, 1.807) is 6.07 Å². The average Bonchev–Trinajstić information content (AvgIpc) is 3.36. The van der Waals surface area contributed by atoms with Gasteiger partial charge in [-0.15, -0.1) is 4.57 Å². The van der Waals surface area contributed by atoms with Gasteiger partial charge in [-0.3, -0.25) is 9.59 Å². The first-order valence-electron chi connectivity index (χ1n) is 24.4. The van der Waals surface area contributed by atoms with Gasteiger partial charge in [0.25, 0.3) is 11.8 Å². The molecule has 1 aromatic heterocycles. The Morgan fingerprint density at radius 1 is 0.634 bits per heavy atom. The van der Waals surface area contributed by atoms with E-state index in [4.69, 9.17) is 34.3 Å². The summed E-state index contributed by atoms with van der Waals surface area (Å²) in [4.78, 5) is 35.5. The van der Waals surface area contributed by atoms with Gasteiger partial charge >= 0.3 is 0 Å². The molecule has 0 radical (unpaired) electrons. The second kappa shape index (κ2) is 23.8. The van der Waals surface area contributed by atoms with Crippen molar-refractivity contribution in [3.05, 3.63) is 148 Å². The largest absolute Gasteiger partial charge is 0.398 e. The van der Waals surface area contributed by atoms with Gasteiger partial charge in [0.05, 0.1) is 17.1 Å². The molecule has 0 bridgehead atoms. The molecule has 9 N–H and O–H groups in total. The van der Waals surface area contributed by atoms with Crippen LogP contribution in [0.5, 0.6) is 0 Å². The summed E-state index contributed by atoms with van der Waals surface area (Å²) in [7, 11) is 0. The molecule has 1 aliphatic carbocycles. The lowest BCUT2D eigenvalue weighted by Crippen LogP contribution is -2.31. The number of carbonyl (C=O) groups is 2. The van der Waals surface area contributed by atoms with E-state index < -0.39 is 0 Å². The van der Waals surface area contributed by atoms with Crippen molar-refractivity contribution in [1.29, 1.82) is 0 Å². The number of amides is 2. The molecular weight excluding hydrogens is 881 g/mol. The summed E-state index contributed by atoms with van der Waals surface area (Å²) in [6.45, 7) is 15.2. The number of aryl methyl sites for hydroxylation is 3. The number of hydrogen-bond acceptors (Lipinski definition) is 9. The SMILES string of the molecule is C#CNc1cc(N)c(C)cc1N=C1C=C(C)C(NCCCCCCNC(=O)c2ccc(-c3ccc(C(=O)NCCCCCCNc4cc5c(cc4C)nc4cc(C)c(N)cc4[n+]5C#C)cc3)cc2)=CC1=C. The highest BCUT2D eigenvalue weighted by atomic mass is 16.2. The Bertz CT molecular complexity index is 3150. The van der Waals surface area contributed by atoms with Gasteiger partial charge in [0, 0.05) is 78.2 Å². The van der Waals surface area contributed by atoms with Crippen LogP contribution in [0.4, 0.5) is 28.4 Å². The van der Waals surface area contributed by atoms with Crippen molar-refractivity contribution >= 4 is 68.0 Å². The lowest BCUT2D eigenvalue weighted by atomic mass is 9.99. The van der Waals surface area contributed by atoms with Crippen LogP contribution >= 0.6 is 0 Å². The molecule has 1 heterocycles. The minimum Gasteiger partial charge on any atom is -0.398 e. The molecule has 0 saturated heterocycles. The van der Waals surface area contributed by atoms with Crippen LogP contribution in [0.1, 0.15) is 95.7 Å². The van der Waals surface area contributed by atoms with Crippen LogP contribution in [0.25, 0.3) is 33.2 Å². The van der Waals surface area contributed by atoms with Gasteiger partial charge in [-0.25, -0.2) is 9.98 Å². The van der Waals surface area contributed by atoms with Crippen molar-refractivity contribution in [3.63, 3.8) is 0 Å². The maximum absolute atomic E-state index is 12.9. The van der Waals surface area contributed by atoms with Crippen molar-refractivity contribution in [2.75, 3.05) is 48.3 Å². The summed E-state index contributed by atoms with van der Waals surface area (Å²) in [6, 6.07) is 32.1. The summed E-state index contributed by atoms with van der Waals surface area (Å²) < 4.78 is 1.82. The van der Waals surface area contributed by atoms with E-state index >= 15 is 0 Å². The van der Waals surface area contributed by atoms with Gasteiger partial charge in [-0.05, 0) is 159 Å². The first kappa shape index (κ1) is 50.5. The number of carbonyl (C=O) groups excluding carboxylic acids is 2. The number of nitrogens with one attached hydrogen (secondary N) is 5. The van der Waals surface area contributed by atoms with E-state index in [1.165, 1.54) is 0 Å². The zero-order chi connectivity index (χ0) is 50.4. The molecule has 0 unspecified atom stereocenters. The predicted octanol–water partition coefficient (Wildman–Crippen LogP) is 10.3. The number of nitrogens with two attached hydrogens (primary N) is 2. The average molecular weight is 946 g/mol. The van der Waals surface area contributed by atoms with Gasteiger partial charge in [0.2, 0.25) is 17.1 Å². The molecule has 362 valence electrons. The van der Waals surface area contributed by atoms with Crippen molar-refractivity contribution in [3.8, 4) is 36.1 Å². The molecule has 0 aliphatic heterocycles. The fourth-order valence-electron chi connectivity index (χ4n) is 8.54. The lowest BCUT2D eigenvalue weighted by Gasteiger charge is -2.18. The maximum atomic E-state index is 12.9. The van der Waals surface area contributed by atoms with E-state index in [0.717, 1.165) is 143 Å². The van der Waals surface area contributed by atoms with Crippen LogP contribution in [0.2, 0.25) is 0 Å². The third-order valence-corrected chi connectivity index (χ3v) is 12.8. The van der Waals surface area contributed by atoms with Crippen LogP contribution in [0.3, 0.4) is 0 Å². The number of allylic oxidation sites excluding steroid dienone is 4. The highest BCUT2D eigenvalue weighted by Gasteiger charge is 2.19. The van der Waals surface area contributed by atoms with Crippen molar-refractivity contribution in [2.24, 2.45) is 4.99 Å². The summed E-state index contributed by atoms with van der Waals surface area (Å²) in [5, 5.41) is 16.1. The summed E-state index contributed by atoms with van der Waals surface area (Å²) in [6.07, 6.45) is 23.4. The Balaban J connectivity index is 0.752. The molecule has 0 fully saturated rings. The number of rotatable bonds is 21. The highest BCUT2D eigenvalue weighted by Crippen LogP contribution is 2.32. The molecule has 6 aromatic rings. The number of nitrogen functional groups attached to an aromatic ring is 2. The quantitative estimate of drug-likeness (QED) is 0.00932. The third kappa shape index (κ3) is 12.9. The van der Waals surface area contributed by atoms with E-state index in [2.05, 4.69) is 71.2 Å². The minimum atomic E-state index is -0.0875. The number of aromatic nitrogens is 2. The second-order valence-corrected chi connectivity index (χ2v) is 18.2. The van der Waals surface area contributed by atoms with Gasteiger partial charge < -0.3 is 38.1 Å². The number of benzene rings is 5. The smallest absolute Gasteiger partial charge is 0.251 e. The van der Waals surface area contributed by atoms with E-state index in [9.17, 15) is 9.59 Å². The molecular formula is C59H65N10O2+. The van der Waals surface area contributed by atoms with Gasteiger partial charge in [0.15, 0.2) is 0 Å². The minimum absolute atomic E-state index is 0.0875. The highest BCUT2D eigenvalue weighted by molar-refractivity contribution is 6.13. The number of fused-ring (bicyclic) bond motifs is 2. The van der Waals surface area contributed by atoms with Crippen molar-refractivity contribution in [2.45, 2.75) is 79.1 Å². The summed E-state index contributed by atoms with van der Waals surface area (Å²) in [5.41, 5.74) is 29.2. The fraction of sp³-hybridized carbons (Fsp3) is 0.271. The standard InChI is InChI=1S/C59H64N10O2/c1-8-62-52-35-47(60)38(3)30-53(52)67-51-33-40(5)49(32-42(51)7)63-26-14-10-12-16-28-65-58(70)45-22-18-43(19-23-45)44-20-24-46(25-21-44)59(71)66-29-17-13-11-15-27-64-50-37-57-55(34-41(50)6)68-54-31-39(4)48(61)36-56(54)69(57)9-2/h1-2,18-25,30-37,62-63H,7,10-17,26-29,60H2,3-6H3,(H4,61,64,65,66,70,71)/p+1. The van der Waals surface area contributed by atoms with E-state index in [-0.39, 0.29) is 11.8 Å². The molecule has 12 nitrogen and oxygen atoms in total. The van der Waals surface area contributed by atoms with Crippen LogP contribution < -0.4 is 42.6 Å². The Morgan fingerprint density at radius 2 is 1.15 bits per heavy atom. The van der Waals surface area contributed by atoms with Crippen LogP contribution in [-0.4, -0.2) is 48.7 Å². The zero-order valence-corrected chi connectivity index (χ0v) is 41.4. The first-order valence-corrected chi connectivity index (χ1v) is 24.4. The Labute approximate surface area is 418 Å². The molecule has 1 aliphatic rings. The molecule has 0 atom stereocenters. The molecule has 7 rings (SSSR count). The normalized spacial score (nSPS) is 12.8. The molecule has 12 heteroatoms. The second-order valence-electron chi connectivity index (χ2n) is 18.2. The van der Waals surface area contributed by atoms with Crippen LogP contribution in [0.15, 0.2) is 125 Å². The van der Waals surface area contributed by atoms with Crippen LogP contribution in [-0.2, 0) is 0 Å². The molecule has 5 aromatic carbocycles. The van der Waals surface area contributed by atoms with Gasteiger partial charge in [0.1, 0.15) is 11.0 Å². The number of unbranched alkanes of at least 4 members (excludes halogenated alkanes) is 6. The number of anilines is 4. The predicted molar refractivity (Wildman–Crippen MR) is 294 cm³/mol. The van der Waals surface area contributed by atoms with Crippen molar-refractivity contribution < 1.29 is 14.2 Å². The van der Waals surface area contributed by atoms with Crippen LogP contribution in [0, 0.1) is 45.7 Å².